The molecule has 0 atom stereocenters. The van der Waals surface area contributed by atoms with E-state index < -0.39 is 0 Å². The highest BCUT2D eigenvalue weighted by Crippen LogP contribution is 2.32. The van der Waals surface area contributed by atoms with Crippen molar-refractivity contribution < 1.29 is 0 Å². The summed E-state index contributed by atoms with van der Waals surface area (Å²) in [6.45, 7) is 6.59. The first kappa shape index (κ1) is 11.0. The molecule has 16 heavy (non-hydrogen) atoms. The minimum absolute atomic E-state index is 0.104. The van der Waals surface area contributed by atoms with E-state index >= 15 is 0 Å². The standard InChI is InChI=1S/C15H19N/c1-15(2,3)13-10-12(8-9-14(13)16)11-6-4-5-7-11/h4-6,8-10H,7,16H2,1-3H3. The summed E-state index contributed by atoms with van der Waals surface area (Å²) in [6, 6.07) is 6.37. The molecule has 1 aliphatic rings. The highest BCUT2D eigenvalue weighted by molar-refractivity contribution is 5.73. The zero-order valence-corrected chi connectivity index (χ0v) is 10.2. The third kappa shape index (κ3) is 2.04. The molecule has 0 fully saturated rings. The van der Waals surface area contributed by atoms with E-state index in [0.717, 1.165) is 12.1 Å². The summed E-state index contributed by atoms with van der Waals surface area (Å²) < 4.78 is 0. The molecule has 0 unspecified atom stereocenters. The van der Waals surface area contributed by atoms with Gasteiger partial charge in [-0.3, -0.25) is 0 Å². The Morgan fingerprint density at radius 2 is 1.94 bits per heavy atom. The lowest BCUT2D eigenvalue weighted by atomic mass is 9.84. The summed E-state index contributed by atoms with van der Waals surface area (Å²) in [5.41, 5.74) is 10.9. The molecule has 0 bridgehead atoms. The molecule has 1 aromatic rings. The highest BCUT2D eigenvalue weighted by atomic mass is 14.6. The Kier molecular flexibility index (Phi) is 2.63. The van der Waals surface area contributed by atoms with Crippen LogP contribution in [0, 0.1) is 0 Å². The van der Waals surface area contributed by atoms with Gasteiger partial charge in [-0.1, -0.05) is 45.1 Å². The number of benzene rings is 1. The SMILES string of the molecule is CC(C)(C)c1cc(C2=CC=CC2)ccc1N. The third-order valence-electron chi connectivity index (χ3n) is 3.00. The summed E-state index contributed by atoms with van der Waals surface area (Å²) in [4.78, 5) is 0. The smallest absolute Gasteiger partial charge is 0.0352 e. The van der Waals surface area contributed by atoms with E-state index in [1.165, 1.54) is 16.7 Å². The lowest BCUT2D eigenvalue weighted by Gasteiger charge is -2.22. The van der Waals surface area contributed by atoms with Gasteiger partial charge in [0, 0.05) is 5.69 Å². The van der Waals surface area contributed by atoms with Gasteiger partial charge in [0.05, 0.1) is 0 Å². The van der Waals surface area contributed by atoms with Crippen LogP contribution in [0.25, 0.3) is 5.57 Å². The quantitative estimate of drug-likeness (QED) is 0.703. The molecule has 0 aromatic heterocycles. The fourth-order valence-corrected chi connectivity index (χ4v) is 2.07. The molecule has 1 aromatic carbocycles. The maximum absolute atomic E-state index is 6.04. The van der Waals surface area contributed by atoms with E-state index in [2.05, 4.69) is 51.1 Å². The van der Waals surface area contributed by atoms with Crippen molar-refractivity contribution in [1.82, 2.24) is 0 Å². The van der Waals surface area contributed by atoms with Gasteiger partial charge in [-0.25, -0.2) is 0 Å². The normalized spacial score (nSPS) is 15.3. The lowest BCUT2D eigenvalue weighted by Crippen LogP contribution is -2.14. The highest BCUT2D eigenvalue weighted by Gasteiger charge is 2.18. The van der Waals surface area contributed by atoms with Crippen LogP contribution in [0.4, 0.5) is 5.69 Å². The lowest BCUT2D eigenvalue weighted by molar-refractivity contribution is 0.592. The first-order valence-corrected chi connectivity index (χ1v) is 5.74. The fourth-order valence-electron chi connectivity index (χ4n) is 2.07. The number of nitrogen functional groups attached to an aromatic ring is 1. The number of rotatable bonds is 1. The Labute approximate surface area is 97.7 Å². The maximum Gasteiger partial charge on any atom is 0.0352 e. The Morgan fingerprint density at radius 1 is 1.19 bits per heavy atom. The topological polar surface area (TPSA) is 26.0 Å². The van der Waals surface area contributed by atoms with Crippen molar-refractivity contribution in [3.05, 3.63) is 47.6 Å². The second kappa shape index (κ2) is 3.82. The number of allylic oxidation sites excluding steroid dienone is 4. The van der Waals surface area contributed by atoms with E-state index in [1.807, 2.05) is 6.07 Å². The van der Waals surface area contributed by atoms with Gasteiger partial charge in [0.25, 0.3) is 0 Å². The van der Waals surface area contributed by atoms with Gasteiger partial charge in [-0.05, 0) is 40.7 Å². The fraction of sp³-hybridized carbons (Fsp3) is 0.333. The van der Waals surface area contributed by atoms with Crippen LogP contribution in [-0.4, -0.2) is 0 Å². The Morgan fingerprint density at radius 3 is 2.50 bits per heavy atom. The minimum atomic E-state index is 0.104. The van der Waals surface area contributed by atoms with Gasteiger partial charge in [0.2, 0.25) is 0 Å². The van der Waals surface area contributed by atoms with Gasteiger partial charge in [0.1, 0.15) is 0 Å². The molecule has 0 heterocycles. The summed E-state index contributed by atoms with van der Waals surface area (Å²) in [6.07, 6.45) is 7.51. The molecule has 0 saturated heterocycles. The number of nitrogens with two attached hydrogens (primary N) is 1. The van der Waals surface area contributed by atoms with Crippen molar-refractivity contribution in [2.75, 3.05) is 5.73 Å². The van der Waals surface area contributed by atoms with Gasteiger partial charge in [0.15, 0.2) is 0 Å². The molecule has 0 spiro atoms. The minimum Gasteiger partial charge on any atom is -0.398 e. The summed E-state index contributed by atoms with van der Waals surface area (Å²) >= 11 is 0. The van der Waals surface area contributed by atoms with Crippen molar-refractivity contribution in [2.45, 2.75) is 32.6 Å². The summed E-state index contributed by atoms with van der Waals surface area (Å²) in [5, 5.41) is 0. The van der Waals surface area contributed by atoms with E-state index in [1.54, 1.807) is 0 Å². The van der Waals surface area contributed by atoms with Gasteiger partial charge in [-0.2, -0.15) is 0 Å². The average molecular weight is 213 g/mol. The molecule has 0 saturated carbocycles. The van der Waals surface area contributed by atoms with E-state index in [9.17, 15) is 0 Å². The molecule has 0 amide bonds. The van der Waals surface area contributed by atoms with E-state index in [-0.39, 0.29) is 5.41 Å². The van der Waals surface area contributed by atoms with Gasteiger partial charge >= 0.3 is 0 Å². The van der Waals surface area contributed by atoms with Crippen LogP contribution >= 0.6 is 0 Å². The Bertz CT molecular complexity index is 459. The molecule has 0 aliphatic heterocycles. The van der Waals surface area contributed by atoms with Gasteiger partial charge in [-0.15, -0.1) is 0 Å². The molecule has 84 valence electrons. The average Bonchev–Trinajstić information content (AvgIpc) is 2.69. The van der Waals surface area contributed by atoms with Crippen LogP contribution in [0.5, 0.6) is 0 Å². The Balaban J connectivity index is 2.44. The predicted octanol–water partition coefficient (Wildman–Crippen LogP) is 3.91. The van der Waals surface area contributed by atoms with Crippen LogP contribution < -0.4 is 5.73 Å². The summed E-state index contributed by atoms with van der Waals surface area (Å²) in [7, 11) is 0. The molecule has 2 N–H and O–H groups in total. The van der Waals surface area contributed by atoms with Crippen LogP contribution in [0.15, 0.2) is 36.4 Å². The maximum atomic E-state index is 6.04. The number of anilines is 1. The predicted molar refractivity (Wildman–Crippen MR) is 71.3 cm³/mol. The molecular weight excluding hydrogens is 194 g/mol. The third-order valence-corrected chi connectivity index (χ3v) is 3.00. The number of hydrogen-bond acceptors (Lipinski definition) is 1. The second-order valence-electron chi connectivity index (χ2n) is 5.38. The van der Waals surface area contributed by atoms with Crippen molar-refractivity contribution >= 4 is 11.3 Å². The first-order chi connectivity index (χ1) is 7.48. The Hall–Kier alpha value is -1.50. The molecule has 1 heteroatoms. The zero-order chi connectivity index (χ0) is 11.8. The van der Waals surface area contributed by atoms with Crippen LogP contribution in [0.3, 0.4) is 0 Å². The molecular formula is C15H19N. The molecule has 1 aliphatic carbocycles. The van der Waals surface area contributed by atoms with Crippen molar-refractivity contribution in [2.24, 2.45) is 0 Å². The first-order valence-electron chi connectivity index (χ1n) is 5.74. The zero-order valence-electron chi connectivity index (χ0n) is 10.2. The van der Waals surface area contributed by atoms with Crippen LogP contribution in [0.2, 0.25) is 0 Å². The second-order valence-corrected chi connectivity index (χ2v) is 5.38. The largest absolute Gasteiger partial charge is 0.398 e. The van der Waals surface area contributed by atoms with Crippen LogP contribution in [-0.2, 0) is 5.41 Å². The van der Waals surface area contributed by atoms with Crippen molar-refractivity contribution in [3.63, 3.8) is 0 Å². The van der Waals surface area contributed by atoms with Gasteiger partial charge < -0.3 is 5.73 Å². The molecule has 1 nitrogen and oxygen atoms in total. The van der Waals surface area contributed by atoms with E-state index in [4.69, 9.17) is 5.73 Å². The monoisotopic (exact) mass is 213 g/mol. The van der Waals surface area contributed by atoms with Crippen LogP contribution in [0.1, 0.15) is 38.3 Å². The molecule has 0 radical (unpaired) electrons. The van der Waals surface area contributed by atoms with Crippen molar-refractivity contribution in [1.29, 1.82) is 0 Å². The number of hydrogen-bond donors (Lipinski definition) is 1. The van der Waals surface area contributed by atoms with E-state index in [0.29, 0.717) is 0 Å². The molecule has 2 rings (SSSR count). The van der Waals surface area contributed by atoms with Crippen molar-refractivity contribution in [3.8, 4) is 0 Å². The summed E-state index contributed by atoms with van der Waals surface area (Å²) in [5.74, 6) is 0.